The van der Waals surface area contributed by atoms with Crippen molar-refractivity contribution in [1.29, 1.82) is 5.26 Å². The van der Waals surface area contributed by atoms with Crippen LogP contribution < -0.4 is 5.32 Å². The SMILES string of the molecule is CNc1ncnc(-c2cnn(C3(CC#N)CC3)c2)c1C. The molecule has 1 N–H and O–H groups in total. The summed E-state index contributed by atoms with van der Waals surface area (Å²) in [6.45, 7) is 1.99. The van der Waals surface area contributed by atoms with E-state index in [1.54, 1.807) is 6.33 Å². The molecule has 6 heteroatoms. The molecule has 1 aliphatic carbocycles. The third-order valence-corrected chi connectivity index (χ3v) is 3.90. The van der Waals surface area contributed by atoms with E-state index in [0.717, 1.165) is 35.5 Å². The summed E-state index contributed by atoms with van der Waals surface area (Å²) in [5.74, 6) is 0.820. The van der Waals surface area contributed by atoms with Crippen molar-refractivity contribution in [2.45, 2.75) is 31.7 Å². The summed E-state index contributed by atoms with van der Waals surface area (Å²) in [6.07, 6.45) is 7.90. The molecule has 0 atom stereocenters. The molecule has 0 unspecified atom stereocenters. The van der Waals surface area contributed by atoms with Gasteiger partial charge in [-0.15, -0.1) is 0 Å². The molecule has 0 aromatic carbocycles. The summed E-state index contributed by atoms with van der Waals surface area (Å²) in [5.41, 5.74) is 2.76. The van der Waals surface area contributed by atoms with Crippen LogP contribution in [0.2, 0.25) is 0 Å². The van der Waals surface area contributed by atoms with E-state index in [0.29, 0.717) is 6.42 Å². The Morgan fingerprint density at radius 2 is 2.25 bits per heavy atom. The molecule has 0 saturated heterocycles. The van der Waals surface area contributed by atoms with Crippen molar-refractivity contribution in [1.82, 2.24) is 19.7 Å². The lowest BCUT2D eigenvalue weighted by Crippen LogP contribution is -2.16. The highest BCUT2D eigenvalue weighted by Gasteiger charge is 2.45. The quantitative estimate of drug-likeness (QED) is 0.918. The smallest absolute Gasteiger partial charge is 0.132 e. The van der Waals surface area contributed by atoms with Crippen LogP contribution in [0.4, 0.5) is 5.82 Å². The number of rotatable bonds is 4. The molecule has 0 radical (unpaired) electrons. The van der Waals surface area contributed by atoms with Crippen molar-refractivity contribution in [3.8, 4) is 17.3 Å². The number of anilines is 1. The Hall–Kier alpha value is -2.42. The zero-order valence-electron chi connectivity index (χ0n) is 11.6. The van der Waals surface area contributed by atoms with Crippen LogP contribution in [0, 0.1) is 18.3 Å². The fourth-order valence-electron chi connectivity index (χ4n) is 2.48. The van der Waals surface area contributed by atoms with Crippen molar-refractivity contribution in [3.05, 3.63) is 24.3 Å². The second-order valence-corrected chi connectivity index (χ2v) is 5.18. The van der Waals surface area contributed by atoms with Crippen LogP contribution >= 0.6 is 0 Å². The minimum Gasteiger partial charge on any atom is -0.373 e. The monoisotopic (exact) mass is 268 g/mol. The van der Waals surface area contributed by atoms with Crippen molar-refractivity contribution in [2.75, 3.05) is 12.4 Å². The van der Waals surface area contributed by atoms with Gasteiger partial charge in [0.05, 0.1) is 29.9 Å². The Labute approximate surface area is 117 Å². The lowest BCUT2D eigenvalue weighted by Gasteiger charge is -2.11. The van der Waals surface area contributed by atoms with E-state index in [1.807, 2.05) is 31.0 Å². The van der Waals surface area contributed by atoms with Crippen LogP contribution in [0.25, 0.3) is 11.3 Å². The van der Waals surface area contributed by atoms with Crippen LogP contribution in [0.3, 0.4) is 0 Å². The number of nitriles is 1. The van der Waals surface area contributed by atoms with Gasteiger partial charge in [-0.1, -0.05) is 0 Å². The summed E-state index contributed by atoms with van der Waals surface area (Å²) >= 11 is 0. The maximum Gasteiger partial charge on any atom is 0.132 e. The molecule has 0 bridgehead atoms. The molecule has 2 aromatic rings. The van der Waals surface area contributed by atoms with Crippen molar-refractivity contribution < 1.29 is 0 Å². The molecule has 0 aliphatic heterocycles. The number of hydrogen-bond acceptors (Lipinski definition) is 5. The van der Waals surface area contributed by atoms with Crippen LogP contribution in [-0.2, 0) is 5.54 Å². The minimum absolute atomic E-state index is 0.0836. The average molecular weight is 268 g/mol. The highest BCUT2D eigenvalue weighted by atomic mass is 15.3. The summed E-state index contributed by atoms with van der Waals surface area (Å²) in [5, 5.41) is 16.4. The summed E-state index contributed by atoms with van der Waals surface area (Å²) in [7, 11) is 1.84. The highest BCUT2D eigenvalue weighted by molar-refractivity contribution is 5.66. The average Bonchev–Trinajstić information content (AvgIpc) is 3.07. The Balaban J connectivity index is 1.97. The summed E-state index contributed by atoms with van der Waals surface area (Å²) in [4.78, 5) is 8.54. The van der Waals surface area contributed by atoms with Gasteiger partial charge < -0.3 is 5.32 Å². The molecular weight excluding hydrogens is 252 g/mol. The minimum atomic E-state index is -0.0836. The Bertz CT molecular complexity index is 677. The van der Waals surface area contributed by atoms with Crippen LogP contribution in [0.1, 0.15) is 24.8 Å². The zero-order chi connectivity index (χ0) is 14.2. The molecule has 1 saturated carbocycles. The largest absolute Gasteiger partial charge is 0.373 e. The van der Waals surface area contributed by atoms with Gasteiger partial charge in [-0.2, -0.15) is 10.4 Å². The standard InChI is InChI=1S/C14H16N6/c1-10-12(17-9-18-13(10)16-2)11-7-19-20(8-11)14(3-4-14)5-6-15/h7-9H,3-5H2,1-2H3,(H,16,17,18). The van der Waals surface area contributed by atoms with E-state index in [1.165, 1.54) is 0 Å². The van der Waals surface area contributed by atoms with Gasteiger partial charge in [0.2, 0.25) is 0 Å². The predicted molar refractivity (Wildman–Crippen MR) is 75.0 cm³/mol. The molecule has 20 heavy (non-hydrogen) atoms. The van der Waals surface area contributed by atoms with E-state index in [-0.39, 0.29) is 5.54 Å². The molecule has 6 nitrogen and oxygen atoms in total. The highest BCUT2D eigenvalue weighted by Crippen LogP contribution is 2.46. The predicted octanol–water partition coefficient (Wildman–Crippen LogP) is 2.09. The number of aromatic nitrogens is 4. The Kier molecular flexibility index (Phi) is 2.90. The first kappa shape index (κ1) is 12.6. The van der Waals surface area contributed by atoms with Gasteiger partial charge in [0, 0.05) is 24.4 Å². The second kappa shape index (κ2) is 4.60. The normalized spacial score (nSPS) is 15.7. The van der Waals surface area contributed by atoms with Crippen LogP contribution in [-0.4, -0.2) is 26.8 Å². The van der Waals surface area contributed by atoms with Gasteiger partial charge >= 0.3 is 0 Å². The van der Waals surface area contributed by atoms with E-state index >= 15 is 0 Å². The molecule has 2 aromatic heterocycles. The molecule has 0 amide bonds. The first-order chi connectivity index (χ1) is 9.70. The van der Waals surface area contributed by atoms with Crippen LogP contribution in [0.5, 0.6) is 0 Å². The number of nitrogens with one attached hydrogen (secondary N) is 1. The molecule has 3 rings (SSSR count). The van der Waals surface area contributed by atoms with E-state index in [9.17, 15) is 0 Å². The first-order valence-electron chi connectivity index (χ1n) is 6.62. The molecule has 102 valence electrons. The van der Waals surface area contributed by atoms with E-state index in [4.69, 9.17) is 5.26 Å². The molecule has 1 aliphatic rings. The van der Waals surface area contributed by atoms with Crippen molar-refractivity contribution in [3.63, 3.8) is 0 Å². The van der Waals surface area contributed by atoms with Crippen molar-refractivity contribution >= 4 is 5.82 Å². The number of hydrogen-bond donors (Lipinski definition) is 1. The third kappa shape index (κ3) is 1.92. The number of nitrogens with zero attached hydrogens (tertiary/aromatic N) is 5. The first-order valence-corrected chi connectivity index (χ1v) is 6.62. The Morgan fingerprint density at radius 3 is 2.90 bits per heavy atom. The lowest BCUT2D eigenvalue weighted by atomic mass is 10.1. The maximum absolute atomic E-state index is 8.92. The van der Waals surface area contributed by atoms with Crippen LogP contribution in [0.15, 0.2) is 18.7 Å². The van der Waals surface area contributed by atoms with Gasteiger partial charge in [-0.3, -0.25) is 4.68 Å². The van der Waals surface area contributed by atoms with Gasteiger partial charge in [-0.05, 0) is 19.8 Å². The summed E-state index contributed by atoms with van der Waals surface area (Å²) < 4.78 is 1.92. The van der Waals surface area contributed by atoms with Gasteiger partial charge in [0.1, 0.15) is 12.1 Å². The Morgan fingerprint density at radius 1 is 1.45 bits per heavy atom. The third-order valence-electron chi connectivity index (χ3n) is 3.90. The van der Waals surface area contributed by atoms with E-state index < -0.39 is 0 Å². The van der Waals surface area contributed by atoms with Crippen molar-refractivity contribution in [2.24, 2.45) is 0 Å². The molecular formula is C14H16N6. The van der Waals surface area contributed by atoms with Gasteiger partial charge in [0.15, 0.2) is 0 Å². The molecule has 2 heterocycles. The second-order valence-electron chi connectivity index (χ2n) is 5.18. The maximum atomic E-state index is 8.92. The van der Waals surface area contributed by atoms with Gasteiger partial charge in [0.25, 0.3) is 0 Å². The fourth-order valence-corrected chi connectivity index (χ4v) is 2.48. The fraction of sp³-hybridized carbons (Fsp3) is 0.429. The lowest BCUT2D eigenvalue weighted by molar-refractivity contribution is 0.440. The topological polar surface area (TPSA) is 79.4 Å². The summed E-state index contributed by atoms with van der Waals surface area (Å²) in [6, 6.07) is 2.25. The zero-order valence-corrected chi connectivity index (χ0v) is 11.6. The molecule has 0 spiro atoms. The van der Waals surface area contributed by atoms with Gasteiger partial charge in [-0.25, -0.2) is 9.97 Å². The van der Waals surface area contributed by atoms with E-state index in [2.05, 4.69) is 26.5 Å². The molecule has 1 fully saturated rings.